The van der Waals surface area contributed by atoms with Crippen molar-refractivity contribution in [1.82, 2.24) is 9.99 Å². The molecule has 0 spiro atoms. The molecule has 0 aromatic carbocycles. The van der Waals surface area contributed by atoms with E-state index in [2.05, 4.69) is 57.5 Å². The third kappa shape index (κ3) is 3.48. The van der Waals surface area contributed by atoms with Crippen LogP contribution in [0.25, 0.3) is 0 Å². The minimum Gasteiger partial charge on any atom is -0.383 e. The molecule has 1 fully saturated rings. The number of hydrogen-bond donors (Lipinski definition) is 1. The van der Waals surface area contributed by atoms with Crippen LogP contribution in [-0.2, 0) is 0 Å². The molecule has 29 heavy (non-hydrogen) atoms. The van der Waals surface area contributed by atoms with Gasteiger partial charge in [0, 0.05) is 29.9 Å². The van der Waals surface area contributed by atoms with Crippen LogP contribution in [0.3, 0.4) is 0 Å². The SMILES string of the molecule is NC1=C(Br)C(C2CCCCC2)=NC2C(c3ccc(C4C=CC=CC4)nc3)C=NN12. The Balaban J connectivity index is 1.40. The molecular formula is C23H26BrN5. The van der Waals surface area contributed by atoms with Gasteiger partial charge in [0.25, 0.3) is 0 Å². The van der Waals surface area contributed by atoms with Gasteiger partial charge in [0.2, 0.25) is 0 Å². The maximum Gasteiger partial charge on any atom is 0.155 e. The van der Waals surface area contributed by atoms with Crippen molar-refractivity contribution in [3.05, 3.63) is 64.2 Å². The molecule has 0 saturated heterocycles. The number of hydrazone groups is 1. The van der Waals surface area contributed by atoms with E-state index in [4.69, 9.17) is 15.7 Å². The van der Waals surface area contributed by atoms with Gasteiger partial charge in [-0.05, 0) is 46.8 Å². The highest BCUT2D eigenvalue weighted by Gasteiger charge is 2.39. The molecule has 0 amide bonds. The lowest BCUT2D eigenvalue weighted by Crippen LogP contribution is -2.39. The summed E-state index contributed by atoms with van der Waals surface area (Å²) in [4.78, 5) is 9.91. The molecule has 4 aliphatic rings. The smallest absolute Gasteiger partial charge is 0.155 e. The van der Waals surface area contributed by atoms with Crippen molar-refractivity contribution in [1.29, 1.82) is 0 Å². The van der Waals surface area contributed by atoms with Gasteiger partial charge in [0.15, 0.2) is 6.17 Å². The van der Waals surface area contributed by atoms with E-state index in [1.54, 1.807) is 0 Å². The van der Waals surface area contributed by atoms with E-state index >= 15 is 0 Å². The van der Waals surface area contributed by atoms with E-state index in [1.165, 1.54) is 32.1 Å². The zero-order valence-corrected chi connectivity index (χ0v) is 18.0. The summed E-state index contributed by atoms with van der Waals surface area (Å²) in [7, 11) is 0. The van der Waals surface area contributed by atoms with Gasteiger partial charge in [-0.3, -0.25) is 9.98 Å². The van der Waals surface area contributed by atoms with Crippen molar-refractivity contribution >= 4 is 27.9 Å². The minimum absolute atomic E-state index is 0.0658. The quantitative estimate of drug-likeness (QED) is 0.706. The topological polar surface area (TPSA) is 66.9 Å². The third-order valence-electron chi connectivity index (χ3n) is 6.44. The van der Waals surface area contributed by atoms with E-state index in [1.807, 2.05) is 17.4 Å². The fourth-order valence-electron chi connectivity index (χ4n) is 4.76. The Morgan fingerprint density at radius 2 is 1.97 bits per heavy atom. The predicted molar refractivity (Wildman–Crippen MR) is 121 cm³/mol. The van der Waals surface area contributed by atoms with Crippen LogP contribution in [-0.4, -0.2) is 28.1 Å². The monoisotopic (exact) mass is 451 g/mol. The number of nitrogens with zero attached hydrogens (tertiary/aromatic N) is 4. The van der Waals surface area contributed by atoms with E-state index in [9.17, 15) is 0 Å². The second-order valence-electron chi connectivity index (χ2n) is 8.27. The van der Waals surface area contributed by atoms with E-state index in [0.717, 1.165) is 27.9 Å². The van der Waals surface area contributed by atoms with Gasteiger partial charge >= 0.3 is 0 Å². The van der Waals surface area contributed by atoms with Gasteiger partial charge in [-0.15, -0.1) is 0 Å². The minimum atomic E-state index is -0.113. The number of halogens is 1. The lowest BCUT2D eigenvalue weighted by atomic mass is 9.85. The van der Waals surface area contributed by atoms with E-state index in [-0.39, 0.29) is 12.1 Å². The number of hydrogen-bond acceptors (Lipinski definition) is 5. The Hall–Kier alpha value is -2.21. The molecule has 2 aliphatic heterocycles. The number of fused-ring (bicyclic) bond motifs is 1. The average Bonchev–Trinajstić information content (AvgIpc) is 3.22. The van der Waals surface area contributed by atoms with Crippen molar-refractivity contribution in [2.45, 2.75) is 56.5 Å². The van der Waals surface area contributed by atoms with Crippen molar-refractivity contribution in [3.63, 3.8) is 0 Å². The number of aliphatic imine (C=N–C) groups is 1. The maximum atomic E-state index is 6.46. The maximum absolute atomic E-state index is 6.46. The third-order valence-corrected chi connectivity index (χ3v) is 7.25. The van der Waals surface area contributed by atoms with Crippen LogP contribution in [0.5, 0.6) is 0 Å². The number of nitrogens with two attached hydrogens (primary N) is 1. The highest BCUT2D eigenvalue weighted by molar-refractivity contribution is 9.12. The van der Waals surface area contributed by atoms with Gasteiger partial charge in [0.05, 0.1) is 16.1 Å². The summed E-state index contributed by atoms with van der Waals surface area (Å²) in [6.07, 6.45) is 19.7. The van der Waals surface area contributed by atoms with E-state index < -0.39 is 0 Å². The Labute approximate surface area is 180 Å². The van der Waals surface area contributed by atoms with Crippen LogP contribution < -0.4 is 5.73 Å². The molecule has 3 atom stereocenters. The second-order valence-corrected chi connectivity index (χ2v) is 9.06. The Morgan fingerprint density at radius 1 is 1.10 bits per heavy atom. The van der Waals surface area contributed by atoms with Crippen LogP contribution in [0.15, 0.2) is 63.0 Å². The summed E-state index contributed by atoms with van der Waals surface area (Å²) >= 11 is 3.71. The molecule has 1 aromatic rings. The van der Waals surface area contributed by atoms with Gasteiger partial charge in [-0.1, -0.05) is 49.6 Å². The predicted octanol–water partition coefficient (Wildman–Crippen LogP) is 4.95. The number of allylic oxidation sites excluding steroid dienone is 5. The summed E-state index contributed by atoms with van der Waals surface area (Å²) < 4.78 is 0.920. The molecule has 0 radical (unpaired) electrons. The van der Waals surface area contributed by atoms with Crippen LogP contribution >= 0.6 is 15.9 Å². The fraction of sp³-hybridized carbons (Fsp3) is 0.435. The van der Waals surface area contributed by atoms with Crippen LogP contribution in [0, 0.1) is 5.92 Å². The average molecular weight is 452 g/mol. The van der Waals surface area contributed by atoms with Gasteiger partial charge < -0.3 is 5.73 Å². The molecule has 2 aliphatic carbocycles. The largest absolute Gasteiger partial charge is 0.383 e. The molecule has 5 nitrogen and oxygen atoms in total. The first-order valence-electron chi connectivity index (χ1n) is 10.6. The number of pyridine rings is 1. The molecule has 2 N–H and O–H groups in total. The molecule has 0 bridgehead atoms. The number of aromatic nitrogens is 1. The first-order valence-corrected chi connectivity index (χ1v) is 11.4. The standard InChI is InChI=1S/C23H26BrN5/c24-20-21(16-9-5-2-6-10-16)28-23-18(14-27-29(23)22(20)25)17-11-12-19(26-13-17)15-7-3-1-4-8-15/h1,3-4,7,11-16,18,23H,2,5-6,8-10,25H2. The van der Waals surface area contributed by atoms with Gasteiger partial charge in [-0.2, -0.15) is 5.10 Å². The Kier molecular flexibility index (Phi) is 5.12. The second kappa shape index (κ2) is 7.90. The summed E-state index contributed by atoms with van der Waals surface area (Å²) in [6.45, 7) is 0. The van der Waals surface area contributed by atoms with Crippen LogP contribution in [0.2, 0.25) is 0 Å². The van der Waals surface area contributed by atoms with Crippen molar-refractivity contribution in [2.75, 3.05) is 0 Å². The Bertz CT molecular complexity index is 921. The summed E-state index contributed by atoms with van der Waals surface area (Å²) in [5.41, 5.74) is 9.83. The van der Waals surface area contributed by atoms with Crippen LogP contribution in [0.4, 0.5) is 0 Å². The molecule has 150 valence electrons. The summed E-state index contributed by atoms with van der Waals surface area (Å²) in [5, 5.41) is 6.43. The summed E-state index contributed by atoms with van der Waals surface area (Å²) in [5.74, 6) is 1.60. The fourth-order valence-corrected chi connectivity index (χ4v) is 5.37. The van der Waals surface area contributed by atoms with E-state index in [0.29, 0.717) is 17.7 Å². The molecule has 3 unspecified atom stereocenters. The lowest BCUT2D eigenvalue weighted by Gasteiger charge is -2.33. The van der Waals surface area contributed by atoms with Gasteiger partial charge in [0.1, 0.15) is 5.82 Å². The van der Waals surface area contributed by atoms with Gasteiger partial charge in [-0.25, -0.2) is 5.01 Å². The summed E-state index contributed by atoms with van der Waals surface area (Å²) in [6, 6.07) is 4.32. The molecular weight excluding hydrogens is 426 g/mol. The molecule has 1 aromatic heterocycles. The first-order chi connectivity index (χ1) is 14.2. The first kappa shape index (κ1) is 18.8. The highest BCUT2D eigenvalue weighted by atomic mass is 79.9. The Morgan fingerprint density at radius 3 is 2.69 bits per heavy atom. The molecule has 6 heteroatoms. The lowest BCUT2D eigenvalue weighted by molar-refractivity contribution is 0.276. The number of rotatable bonds is 3. The highest BCUT2D eigenvalue weighted by Crippen LogP contribution is 2.39. The normalized spacial score (nSPS) is 29.3. The van der Waals surface area contributed by atoms with Crippen molar-refractivity contribution < 1.29 is 0 Å². The zero-order chi connectivity index (χ0) is 19.8. The van der Waals surface area contributed by atoms with Crippen molar-refractivity contribution in [2.24, 2.45) is 21.7 Å². The molecule has 5 rings (SSSR count). The molecule has 1 saturated carbocycles. The van der Waals surface area contributed by atoms with Crippen molar-refractivity contribution in [3.8, 4) is 0 Å². The van der Waals surface area contributed by atoms with Crippen LogP contribution in [0.1, 0.15) is 61.6 Å². The zero-order valence-electron chi connectivity index (χ0n) is 16.4. The molecule has 3 heterocycles.